The first-order valence-corrected chi connectivity index (χ1v) is 5.00. The summed E-state index contributed by atoms with van der Waals surface area (Å²) in [4.78, 5) is 0. The van der Waals surface area contributed by atoms with Crippen LogP contribution >= 0.6 is 0 Å². The number of hydrogen-bond acceptors (Lipinski definition) is 1. The molecule has 1 nitrogen and oxygen atoms in total. The number of hydrogen-bond donors (Lipinski definition) is 1. The molecule has 0 saturated heterocycles. The normalized spacial score (nSPS) is 8.31. The zero-order valence-electron chi connectivity index (χ0n) is 9.48. The Balaban J connectivity index is 0.000000267. The molecular weight excluding hydrogens is 271 g/mol. The summed E-state index contributed by atoms with van der Waals surface area (Å²) in [6, 6.07) is 21.3. The topological polar surface area (TPSA) is 26.0 Å². The van der Waals surface area contributed by atoms with Crippen LogP contribution in [0.5, 0.6) is 0 Å². The Morgan fingerprint density at radius 1 is 1.00 bits per heavy atom. The van der Waals surface area contributed by atoms with Gasteiger partial charge in [0.1, 0.15) is 0 Å². The van der Waals surface area contributed by atoms with Crippen molar-refractivity contribution in [1.29, 1.82) is 0 Å². The first-order valence-electron chi connectivity index (χ1n) is 5.00. The Morgan fingerprint density at radius 2 is 1.62 bits per heavy atom. The van der Waals surface area contributed by atoms with Crippen molar-refractivity contribution < 1.29 is 32.7 Å². The van der Waals surface area contributed by atoms with Gasteiger partial charge < -0.3 is 5.73 Å². The number of benzene rings is 2. The Hall–Kier alpha value is -0.656. The fraction of sp³-hybridized carbons (Fsp3) is 0.143. The summed E-state index contributed by atoms with van der Waals surface area (Å²) in [5, 5.41) is 0. The minimum Gasteiger partial charge on any atom is -0.420 e. The zero-order valence-corrected chi connectivity index (χ0v) is 12.3. The van der Waals surface area contributed by atoms with Crippen molar-refractivity contribution in [3.63, 3.8) is 0 Å². The van der Waals surface area contributed by atoms with Crippen molar-refractivity contribution in [1.82, 2.24) is 0 Å². The third-order valence-electron chi connectivity index (χ3n) is 1.89. The van der Waals surface area contributed by atoms with Gasteiger partial charge in [-0.3, -0.25) is 0 Å². The second-order valence-corrected chi connectivity index (χ2v) is 3.06. The molecule has 1 radical (unpaired) electrons. The molecule has 0 aliphatic rings. The Morgan fingerprint density at radius 3 is 1.88 bits per heavy atom. The van der Waals surface area contributed by atoms with Crippen LogP contribution < -0.4 is 5.73 Å². The SMILES string of the molecule is CCc1[c-]cccc1.Nc1[c-]cccc1.[Y]. The van der Waals surface area contributed by atoms with Crippen LogP contribution in [0.3, 0.4) is 0 Å². The van der Waals surface area contributed by atoms with Crippen molar-refractivity contribution in [2.75, 3.05) is 5.73 Å². The summed E-state index contributed by atoms with van der Waals surface area (Å²) >= 11 is 0. The van der Waals surface area contributed by atoms with Gasteiger partial charge in [-0.1, -0.05) is 19.0 Å². The molecular formula is C14H15NY-2. The van der Waals surface area contributed by atoms with E-state index in [0.717, 1.165) is 6.42 Å². The number of para-hydroxylation sites is 1. The minimum atomic E-state index is 0. The van der Waals surface area contributed by atoms with Crippen molar-refractivity contribution >= 4 is 5.69 Å². The van der Waals surface area contributed by atoms with E-state index in [0.29, 0.717) is 5.69 Å². The molecule has 81 valence electrons. The number of anilines is 1. The second kappa shape index (κ2) is 9.56. The van der Waals surface area contributed by atoms with Crippen LogP contribution in [0.4, 0.5) is 5.69 Å². The summed E-state index contributed by atoms with van der Waals surface area (Å²) < 4.78 is 0. The first-order chi connectivity index (χ1) is 7.33. The molecule has 0 amide bonds. The predicted octanol–water partition coefficient (Wildman–Crippen LogP) is 3.12. The molecule has 0 fully saturated rings. The van der Waals surface area contributed by atoms with E-state index < -0.39 is 0 Å². The maximum Gasteiger partial charge on any atom is 0 e. The zero-order chi connectivity index (χ0) is 10.9. The Labute approximate surface area is 123 Å². The molecule has 0 spiro atoms. The molecule has 2 rings (SSSR count). The smallest absolute Gasteiger partial charge is 0 e. The van der Waals surface area contributed by atoms with Crippen molar-refractivity contribution in [3.8, 4) is 0 Å². The molecule has 0 aromatic heterocycles. The van der Waals surface area contributed by atoms with E-state index in [9.17, 15) is 0 Å². The molecule has 2 N–H and O–H groups in total. The molecule has 0 heterocycles. The van der Waals surface area contributed by atoms with Gasteiger partial charge in [0.15, 0.2) is 0 Å². The maximum absolute atomic E-state index is 5.30. The van der Waals surface area contributed by atoms with E-state index in [2.05, 4.69) is 25.1 Å². The monoisotopic (exact) mass is 286 g/mol. The second-order valence-electron chi connectivity index (χ2n) is 3.06. The van der Waals surface area contributed by atoms with Gasteiger partial charge in [0.05, 0.1) is 0 Å². The predicted molar refractivity (Wildman–Crippen MR) is 64.3 cm³/mol. The molecule has 0 atom stereocenters. The van der Waals surface area contributed by atoms with Gasteiger partial charge in [-0.2, -0.15) is 60.2 Å². The summed E-state index contributed by atoms with van der Waals surface area (Å²) in [6.45, 7) is 2.13. The number of rotatable bonds is 1. The van der Waals surface area contributed by atoms with E-state index in [4.69, 9.17) is 5.73 Å². The van der Waals surface area contributed by atoms with E-state index >= 15 is 0 Å². The van der Waals surface area contributed by atoms with E-state index in [1.165, 1.54) is 5.56 Å². The van der Waals surface area contributed by atoms with E-state index in [-0.39, 0.29) is 32.7 Å². The van der Waals surface area contributed by atoms with E-state index in [1.807, 2.05) is 30.3 Å². The standard InChI is InChI=1S/C8H9.C6H6N.Y/c1-2-8-6-4-3-5-7-8;7-6-4-2-1-3-5-6;/h3-6H,2H2,1H3;1-4H,7H2;/q2*-1;. The number of nitrogen functional groups attached to an aromatic ring is 1. The summed E-state index contributed by atoms with van der Waals surface area (Å²) in [5.41, 5.74) is 7.28. The van der Waals surface area contributed by atoms with Crippen LogP contribution in [0.25, 0.3) is 0 Å². The van der Waals surface area contributed by atoms with Gasteiger partial charge in [0.2, 0.25) is 0 Å². The molecule has 0 bridgehead atoms. The maximum atomic E-state index is 5.30. The van der Waals surface area contributed by atoms with E-state index in [1.54, 1.807) is 12.1 Å². The molecule has 0 unspecified atom stereocenters. The van der Waals surface area contributed by atoms with Gasteiger partial charge in [-0.15, -0.1) is 6.07 Å². The van der Waals surface area contributed by atoms with Gasteiger partial charge in [0.25, 0.3) is 0 Å². The summed E-state index contributed by atoms with van der Waals surface area (Å²) in [5.74, 6) is 0. The minimum absolute atomic E-state index is 0. The van der Waals surface area contributed by atoms with Gasteiger partial charge >= 0.3 is 0 Å². The first kappa shape index (κ1) is 15.3. The fourth-order valence-corrected chi connectivity index (χ4v) is 1.06. The average Bonchev–Trinajstić information content (AvgIpc) is 2.32. The molecule has 2 heteroatoms. The van der Waals surface area contributed by atoms with Crippen LogP contribution in [0, 0.1) is 12.1 Å². The van der Waals surface area contributed by atoms with Crippen LogP contribution in [0.2, 0.25) is 0 Å². The van der Waals surface area contributed by atoms with Gasteiger partial charge in [-0.25, -0.2) is 0 Å². The molecule has 2 aromatic carbocycles. The van der Waals surface area contributed by atoms with Crippen molar-refractivity contribution in [2.45, 2.75) is 13.3 Å². The van der Waals surface area contributed by atoms with Crippen LogP contribution in [0.15, 0.2) is 48.5 Å². The third-order valence-corrected chi connectivity index (χ3v) is 1.89. The van der Waals surface area contributed by atoms with Crippen molar-refractivity contribution in [3.05, 3.63) is 66.2 Å². The molecule has 16 heavy (non-hydrogen) atoms. The van der Waals surface area contributed by atoms with Crippen LogP contribution in [0.1, 0.15) is 12.5 Å². The van der Waals surface area contributed by atoms with Crippen LogP contribution in [-0.4, -0.2) is 0 Å². The summed E-state index contributed by atoms with van der Waals surface area (Å²) in [7, 11) is 0. The molecule has 0 aliphatic carbocycles. The van der Waals surface area contributed by atoms with Gasteiger partial charge in [-0.05, 0) is 0 Å². The fourth-order valence-electron chi connectivity index (χ4n) is 1.06. The number of aryl methyl sites for hydroxylation is 1. The third kappa shape index (κ3) is 6.76. The number of nitrogens with two attached hydrogens (primary N) is 1. The Kier molecular flexibility index (Phi) is 9.17. The largest absolute Gasteiger partial charge is 0.420 e. The quantitative estimate of drug-likeness (QED) is 0.632. The van der Waals surface area contributed by atoms with Crippen molar-refractivity contribution in [2.24, 2.45) is 0 Å². The van der Waals surface area contributed by atoms with Crippen LogP contribution in [-0.2, 0) is 39.1 Å². The average molecular weight is 286 g/mol. The molecule has 0 saturated carbocycles. The van der Waals surface area contributed by atoms with Gasteiger partial charge in [0, 0.05) is 32.7 Å². The molecule has 0 aliphatic heterocycles. The molecule has 2 aromatic rings. The summed E-state index contributed by atoms with van der Waals surface area (Å²) in [6.07, 6.45) is 1.08. The Bertz CT molecular complexity index is 359.